The van der Waals surface area contributed by atoms with Crippen molar-refractivity contribution < 1.29 is 9.47 Å². The Morgan fingerprint density at radius 3 is 2.53 bits per heavy atom. The van der Waals surface area contributed by atoms with Crippen LogP contribution in [-0.4, -0.2) is 26.3 Å². The van der Waals surface area contributed by atoms with Gasteiger partial charge < -0.3 is 14.8 Å². The van der Waals surface area contributed by atoms with Crippen molar-refractivity contribution >= 4 is 11.3 Å². The van der Waals surface area contributed by atoms with Crippen LogP contribution in [-0.2, 0) is 6.54 Å². The first-order valence-corrected chi connectivity index (χ1v) is 6.89. The number of ether oxygens (including phenoxy) is 2. The molecule has 1 N–H and O–H groups in total. The highest BCUT2D eigenvalue weighted by atomic mass is 32.1. The van der Waals surface area contributed by atoms with Gasteiger partial charge in [-0.2, -0.15) is 0 Å². The van der Waals surface area contributed by atoms with E-state index in [2.05, 4.69) is 15.7 Å². The summed E-state index contributed by atoms with van der Waals surface area (Å²) in [4.78, 5) is 4.62. The zero-order chi connectivity index (χ0) is 13.8. The average Bonchev–Trinajstić information content (AvgIpc) is 2.87. The summed E-state index contributed by atoms with van der Waals surface area (Å²) in [6.07, 6.45) is 0. The molecule has 0 saturated carbocycles. The molecule has 4 nitrogen and oxygen atoms in total. The van der Waals surface area contributed by atoms with Crippen LogP contribution in [0.15, 0.2) is 17.5 Å². The molecule has 19 heavy (non-hydrogen) atoms. The van der Waals surface area contributed by atoms with Crippen molar-refractivity contribution in [1.29, 1.82) is 0 Å². The highest BCUT2D eigenvalue weighted by Crippen LogP contribution is 2.35. The van der Waals surface area contributed by atoms with E-state index in [1.165, 1.54) is 0 Å². The van der Waals surface area contributed by atoms with Gasteiger partial charge in [0.15, 0.2) is 11.5 Å². The van der Waals surface area contributed by atoms with E-state index in [9.17, 15) is 0 Å². The lowest BCUT2D eigenvalue weighted by Crippen LogP contribution is -2.04. The Balaban J connectivity index is 2.42. The maximum Gasteiger partial charge on any atom is 0.161 e. The Bertz CT molecular complexity index is 567. The third-order valence-corrected chi connectivity index (χ3v) is 3.74. The molecule has 2 rings (SSSR count). The summed E-state index contributed by atoms with van der Waals surface area (Å²) in [5.74, 6) is 1.47. The Morgan fingerprint density at radius 2 is 1.89 bits per heavy atom. The van der Waals surface area contributed by atoms with Crippen molar-refractivity contribution in [1.82, 2.24) is 10.3 Å². The summed E-state index contributed by atoms with van der Waals surface area (Å²) in [6.45, 7) is 2.84. The molecule has 0 atom stereocenters. The molecule has 102 valence electrons. The molecule has 0 spiro atoms. The zero-order valence-electron chi connectivity index (χ0n) is 11.6. The average molecular weight is 278 g/mol. The minimum Gasteiger partial charge on any atom is -0.493 e. The lowest BCUT2D eigenvalue weighted by molar-refractivity contribution is 0.355. The number of thiazole rings is 1. The number of aromatic nitrogens is 1. The van der Waals surface area contributed by atoms with Crippen molar-refractivity contribution in [3.63, 3.8) is 0 Å². The molecule has 0 amide bonds. The number of hydrogen-bond donors (Lipinski definition) is 1. The van der Waals surface area contributed by atoms with Crippen LogP contribution in [0.5, 0.6) is 11.5 Å². The molecule has 0 aliphatic heterocycles. The minimum absolute atomic E-state index is 0.728. The summed E-state index contributed by atoms with van der Waals surface area (Å²) < 4.78 is 10.6. The van der Waals surface area contributed by atoms with E-state index in [4.69, 9.17) is 9.47 Å². The number of hydrogen-bond acceptors (Lipinski definition) is 5. The van der Waals surface area contributed by atoms with Gasteiger partial charge in [0.05, 0.1) is 19.9 Å². The summed E-state index contributed by atoms with van der Waals surface area (Å²) >= 11 is 1.66. The highest BCUT2D eigenvalue weighted by molar-refractivity contribution is 7.09. The second-order valence-electron chi connectivity index (χ2n) is 4.18. The van der Waals surface area contributed by atoms with Gasteiger partial charge in [0, 0.05) is 17.5 Å². The molecule has 1 aromatic carbocycles. The van der Waals surface area contributed by atoms with E-state index in [0.717, 1.165) is 39.9 Å². The van der Waals surface area contributed by atoms with Gasteiger partial charge in [0.25, 0.3) is 0 Å². The molecule has 2 aromatic rings. The monoisotopic (exact) mass is 278 g/mol. The highest BCUT2D eigenvalue weighted by Gasteiger charge is 2.12. The van der Waals surface area contributed by atoms with E-state index in [1.807, 2.05) is 26.1 Å². The quantitative estimate of drug-likeness (QED) is 0.913. The molecule has 0 saturated heterocycles. The largest absolute Gasteiger partial charge is 0.493 e. The standard InChI is InChI=1S/C14H18N2O2S/c1-9-5-12(17-3)13(18-4)6-10(9)11-8-19-14(16-11)7-15-2/h5-6,8,15H,7H2,1-4H3. The second-order valence-corrected chi connectivity index (χ2v) is 5.12. The van der Waals surface area contributed by atoms with Gasteiger partial charge >= 0.3 is 0 Å². The van der Waals surface area contributed by atoms with Crippen molar-refractivity contribution in [3.05, 3.63) is 28.1 Å². The predicted octanol–water partition coefficient (Wildman–Crippen LogP) is 2.86. The molecule has 0 fully saturated rings. The number of nitrogens with one attached hydrogen (secondary N) is 1. The fourth-order valence-corrected chi connectivity index (χ4v) is 2.73. The summed E-state index contributed by atoms with van der Waals surface area (Å²) in [6, 6.07) is 3.96. The number of methoxy groups -OCH3 is 2. The maximum absolute atomic E-state index is 5.35. The Kier molecular flexibility index (Phi) is 4.39. The van der Waals surface area contributed by atoms with Crippen molar-refractivity contribution in [2.24, 2.45) is 0 Å². The lowest BCUT2D eigenvalue weighted by atomic mass is 10.1. The number of aryl methyl sites for hydroxylation is 1. The van der Waals surface area contributed by atoms with Crippen LogP contribution in [0.2, 0.25) is 0 Å². The van der Waals surface area contributed by atoms with Crippen LogP contribution < -0.4 is 14.8 Å². The van der Waals surface area contributed by atoms with Gasteiger partial charge in [-0.3, -0.25) is 0 Å². The van der Waals surface area contributed by atoms with E-state index >= 15 is 0 Å². The van der Waals surface area contributed by atoms with Crippen molar-refractivity contribution in [2.45, 2.75) is 13.5 Å². The van der Waals surface area contributed by atoms with E-state index < -0.39 is 0 Å². The summed E-state index contributed by atoms with van der Waals surface area (Å²) in [5.41, 5.74) is 3.18. The van der Waals surface area contributed by atoms with Crippen molar-refractivity contribution in [2.75, 3.05) is 21.3 Å². The Morgan fingerprint density at radius 1 is 1.21 bits per heavy atom. The fraction of sp³-hybridized carbons (Fsp3) is 0.357. The lowest BCUT2D eigenvalue weighted by Gasteiger charge is -2.11. The second kappa shape index (κ2) is 6.04. The first kappa shape index (κ1) is 13.8. The molecule has 0 aliphatic rings. The molecule has 0 unspecified atom stereocenters. The van der Waals surface area contributed by atoms with Gasteiger partial charge in [0.2, 0.25) is 0 Å². The van der Waals surface area contributed by atoms with E-state index in [1.54, 1.807) is 25.6 Å². The van der Waals surface area contributed by atoms with Gasteiger partial charge in [-0.1, -0.05) is 0 Å². The van der Waals surface area contributed by atoms with Crippen LogP contribution in [0.1, 0.15) is 10.6 Å². The van der Waals surface area contributed by atoms with Crippen LogP contribution in [0.25, 0.3) is 11.3 Å². The topological polar surface area (TPSA) is 43.4 Å². The third-order valence-electron chi connectivity index (χ3n) is 2.89. The fourth-order valence-electron chi connectivity index (χ4n) is 1.92. The molecule has 5 heteroatoms. The summed E-state index contributed by atoms with van der Waals surface area (Å²) in [5, 5.41) is 6.25. The van der Waals surface area contributed by atoms with Crippen LogP contribution in [0.4, 0.5) is 0 Å². The van der Waals surface area contributed by atoms with Crippen LogP contribution in [0.3, 0.4) is 0 Å². The molecule has 0 radical (unpaired) electrons. The molecule has 0 aliphatic carbocycles. The minimum atomic E-state index is 0.728. The van der Waals surface area contributed by atoms with Gasteiger partial charge in [-0.25, -0.2) is 4.98 Å². The van der Waals surface area contributed by atoms with E-state index in [-0.39, 0.29) is 0 Å². The first-order valence-electron chi connectivity index (χ1n) is 6.01. The Labute approximate surface area is 117 Å². The number of benzene rings is 1. The normalized spacial score (nSPS) is 10.5. The van der Waals surface area contributed by atoms with Crippen LogP contribution in [0, 0.1) is 6.92 Å². The molecule has 1 aromatic heterocycles. The molecule has 0 bridgehead atoms. The third kappa shape index (κ3) is 2.88. The number of rotatable bonds is 5. The van der Waals surface area contributed by atoms with E-state index in [0.29, 0.717) is 0 Å². The Hall–Kier alpha value is -1.59. The predicted molar refractivity (Wildman–Crippen MR) is 78.2 cm³/mol. The van der Waals surface area contributed by atoms with Gasteiger partial charge in [-0.15, -0.1) is 11.3 Å². The van der Waals surface area contributed by atoms with Gasteiger partial charge in [0.1, 0.15) is 5.01 Å². The first-order chi connectivity index (χ1) is 9.19. The molecular weight excluding hydrogens is 260 g/mol. The summed E-state index contributed by atoms with van der Waals surface area (Å²) in [7, 11) is 5.21. The van der Waals surface area contributed by atoms with Crippen molar-refractivity contribution in [3.8, 4) is 22.8 Å². The maximum atomic E-state index is 5.35. The molecule has 1 heterocycles. The SMILES string of the molecule is CNCc1nc(-c2cc(OC)c(OC)cc2C)cs1. The van der Waals surface area contributed by atoms with Gasteiger partial charge in [-0.05, 0) is 31.7 Å². The molecular formula is C14H18N2O2S. The number of nitrogens with zero attached hydrogens (tertiary/aromatic N) is 1. The smallest absolute Gasteiger partial charge is 0.161 e. The zero-order valence-corrected chi connectivity index (χ0v) is 12.4. The van der Waals surface area contributed by atoms with Crippen LogP contribution >= 0.6 is 11.3 Å².